The topological polar surface area (TPSA) is 97.9 Å². The van der Waals surface area contributed by atoms with Crippen LogP contribution in [0.1, 0.15) is 23.2 Å². The van der Waals surface area contributed by atoms with Gasteiger partial charge >= 0.3 is 0 Å². The summed E-state index contributed by atoms with van der Waals surface area (Å²) in [6.45, 7) is 1.45. The summed E-state index contributed by atoms with van der Waals surface area (Å²) in [5.41, 5.74) is 6.25. The first-order chi connectivity index (χ1) is 9.74. The van der Waals surface area contributed by atoms with Crippen LogP contribution in [-0.2, 0) is 6.54 Å². The van der Waals surface area contributed by atoms with Crippen LogP contribution in [0.4, 0.5) is 10.8 Å². The van der Waals surface area contributed by atoms with E-state index in [1.165, 1.54) is 11.5 Å². The number of nitrogen functional groups attached to an aromatic ring is 1. The van der Waals surface area contributed by atoms with Gasteiger partial charge in [0.15, 0.2) is 5.82 Å². The molecule has 1 saturated carbocycles. The van der Waals surface area contributed by atoms with Crippen molar-refractivity contribution in [3.05, 3.63) is 24.3 Å². The molecule has 0 aliphatic heterocycles. The second-order valence-electron chi connectivity index (χ2n) is 4.75. The summed E-state index contributed by atoms with van der Waals surface area (Å²) in [5.74, 6) is 0.155. The fourth-order valence-electron chi connectivity index (χ4n) is 1.85. The molecular formula is C12H16N6OS. The zero-order valence-electron chi connectivity index (χ0n) is 10.9. The van der Waals surface area contributed by atoms with Crippen LogP contribution in [-0.4, -0.2) is 32.4 Å². The average molecular weight is 292 g/mol. The first-order valence-electron chi connectivity index (χ1n) is 6.49. The SMILES string of the molecule is Nc1nsc(NCCn2ccnc2)c1C(=O)NC1CC1. The summed E-state index contributed by atoms with van der Waals surface area (Å²) in [6.07, 6.45) is 7.48. The maximum atomic E-state index is 12.1. The number of rotatable bonds is 6. The molecule has 0 bridgehead atoms. The van der Waals surface area contributed by atoms with Crippen molar-refractivity contribution in [1.29, 1.82) is 0 Å². The Labute approximate surface area is 120 Å². The van der Waals surface area contributed by atoms with E-state index in [9.17, 15) is 4.79 Å². The van der Waals surface area contributed by atoms with Gasteiger partial charge in [-0.1, -0.05) is 0 Å². The van der Waals surface area contributed by atoms with Crippen molar-refractivity contribution in [3.63, 3.8) is 0 Å². The zero-order valence-corrected chi connectivity index (χ0v) is 11.7. The van der Waals surface area contributed by atoms with Crippen LogP contribution in [0, 0.1) is 0 Å². The lowest BCUT2D eigenvalue weighted by molar-refractivity contribution is 0.0953. The van der Waals surface area contributed by atoms with E-state index in [1.54, 1.807) is 12.5 Å². The molecule has 0 unspecified atom stereocenters. The van der Waals surface area contributed by atoms with Gasteiger partial charge in [0.05, 0.1) is 6.33 Å². The second-order valence-corrected chi connectivity index (χ2v) is 5.52. The van der Waals surface area contributed by atoms with Crippen molar-refractivity contribution in [3.8, 4) is 0 Å². The highest BCUT2D eigenvalue weighted by atomic mass is 32.1. The third kappa shape index (κ3) is 2.90. The molecule has 4 N–H and O–H groups in total. The summed E-state index contributed by atoms with van der Waals surface area (Å²) in [4.78, 5) is 16.1. The number of aromatic nitrogens is 3. The molecule has 0 aromatic carbocycles. The number of anilines is 2. The fourth-order valence-corrected chi connectivity index (χ4v) is 2.58. The number of imidazole rings is 1. The third-order valence-electron chi connectivity index (χ3n) is 3.07. The minimum absolute atomic E-state index is 0.135. The lowest BCUT2D eigenvalue weighted by atomic mass is 10.3. The molecule has 0 atom stereocenters. The molecular weight excluding hydrogens is 276 g/mol. The number of hydrogen-bond donors (Lipinski definition) is 3. The highest BCUT2D eigenvalue weighted by molar-refractivity contribution is 7.11. The van der Waals surface area contributed by atoms with Crippen molar-refractivity contribution in [2.24, 2.45) is 0 Å². The summed E-state index contributed by atoms with van der Waals surface area (Å²) in [6, 6.07) is 0.306. The monoisotopic (exact) mass is 292 g/mol. The largest absolute Gasteiger partial charge is 0.382 e. The minimum Gasteiger partial charge on any atom is -0.382 e. The van der Waals surface area contributed by atoms with E-state index in [0.717, 1.165) is 24.4 Å². The van der Waals surface area contributed by atoms with E-state index in [4.69, 9.17) is 5.73 Å². The Morgan fingerprint density at radius 2 is 2.40 bits per heavy atom. The van der Waals surface area contributed by atoms with Gasteiger partial charge in [0.2, 0.25) is 0 Å². The minimum atomic E-state index is -0.135. The summed E-state index contributed by atoms with van der Waals surface area (Å²) in [5, 5.41) is 6.87. The predicted molar refractivity (Wildman–Crippen MR) is 77.7 cm³/mol. The Balaban J connectivity index is 1.62. The lowest BCUT2D eigenvalue weighted by Gasteiger charge is -2.08. The number of carbonyl (C=O) groups excluding carboxylic acids is 1. The summed E-state index contributed by atoms with van der Waals surface area (Å²) in [7, 11) is 0. The standard InChI is InChI=1S/C12H16N6OS/c13-10-9(11(19)16-8-1-2-8)12(20-17-10)15-4-6-18-5-3-14-7-18/h3,5,7-8,15H,1-2,4,6H2,(H2,13,17)(H,16,19). The molecule has 20 heavy (non-hydrogen) atoms. The number of amides is 1. The molecule has 0 radical (unpaired) electrons. The summed E-state index contributed by atoms with van der Waals surface area (Å²) >= 11 is 1.22. The smallest absolute Gasteiger partial charge is 0.258 e. The van der Waals surface area contributed by atoms with Crippen LogP contribution in [0.25, 0.3) is 0 Å². The highest BCUT2D eigenvalue weighted by Crippen LogP contribution is 2.28. The number of nitrogens with zero attached hydrogens (tertiary/aromatic N) is 3. The van der Waals surface area contributed by atoms with E-state index in [1.807, 2.05) is 10.8 Å². The van der Waals surface area contributed by atoms with Crippen molar-refractivity contribution < 1.29 is 4.79 Å². The molecule has 106 valence electrons. The highest BCUT2D eigenvalue weighted by Gasteiger charge is 2.27. The average Bonchev–Trinajstić information content (AvgIpc) is 2.95. The summed E-state index contributed by atoms with van der Waals surface area (Å²) < 4.78 is 6.02. The molecule has 1 aliphatic carbocycles. The van der Waals surface area contributed by atoms with Crippen LogP contribution < -0.4 is 16.4 Å². The zero-order chi connectivity index (χ0) is 13.9. The van der Waals surface area contributed by atoms with E-state index in [2.05, 4.69) is 20.0 Å². The molecule has 8 heteroatoms. The Morgan fingerprint density at radius 3 is 3.10 bits per heavy atom. The number of carbonyl (C=O) groups is 1. The van der Waals surface area contributed by atoms with Crippen molar-refractivity contribution in [1.82, 2.24) is 19.2 Å². The fraction of sp³-hybridized carbons (Fsp3) is 0.417. The number of hydrogen-bond acceptors (Lipinski definition) is 6. The Kier molecular flexibility index (Phi) is 3.55. The second kappa shape index (κ2) is 5.49. The normalized spacial score (nSPS) is 14.2. The molecule has 1 aliphatic rings. The van der Waals surface area contributed by atoms with Gasteiger partial charge < -0.3 is 20.9 Å². The molecule has 1 amide bonds. The van der Waals surface area contributed by atoms with Gasteiger partial charge in [-0.25, -0.2) is 4.98 Å². The lowest BCUT2D eigenvalue weighted by Crippen LogP contribution is -2.26. The Morgan fingerprint density at radius 1 is 1.55 bits per heavy atom. The van der Waals surface area contributed by atoms with E-state index >= 15 is 0 Å². The van der Waals surface area contributed by atoms with Gasteiger partial charge in [0, 0.05) is 31.5 Å². The maximum absolute atomic E-state index is 12.1. The van der Waals surface area contributed by atoms with Gasteiger partial charge in [-0.15, -0.1) is 0 Å². The number of nitrogens with two attached hydrogens (primary N) is 1. The van der Waals surface area contributed by atoms with Crippen molar-refractivity contribution in [2.75, 3.05) is 17.6 Å². The Bertz CT molecular complexity index is 589. The molecule has 2 aromatic rings. The Hall–Kier alpha value is -2.09. The predicted octanol–water partition coefficient (Wildman–Crippen LogP) is 0.926. The van der Waals surface area contributed by atoms with Gasteiger partial charge in [-0.05, 0) is 24.4 Å². The van der Waals surface area contributed by atoms with Crippen molar-refractivity contribution >= 4 is 28.3 Å². The van der Waals surface area contributed by atoms with Gasteiger partial charge in [0.25, 0.3) is 5.91 Å². The van der Waals surface area contributed by atoms with Gasteiger partial charge in [-0.2, -0.15) is 4.37 Å². The third-order valence-corrected chi connectivity index (χ3v) is 3.89. The van der Waals surface area contributed by atoms with E-state index in [-0.39, 0.29) is 5.91 Å². The molecule has 0 saturated heterocycles. The van der Waals surface area contributed by atoms with Crippen LogP contribution in [0.2, 0.25) is 0 Å². The molecule has 0 spiro atoms. The van der Waals surface area contributed by atoms with Crippen LogP contribution in [0.5, 0.6) is 0 Å². The quantitative estimate of drug-likeness (QED) is 0.735. The van der Waals surface area contributed by atoms with Gasteiger partial charge in [0.1, 0.15) is 10.6 Å². The molecule has 2 heterocycles. The van der Waals surface area contributed by atoms with E-state index in [0.29, 0.717) is 24.0 Å². The molecule has 2 aromatic heterocycles. The van der Waals surface area contributed by atoms with E-state index < -0.39 is 0 Å². The van der Waals surface area contributed by atoms with Gasteiger partial charge in [-0.3, -0.25) is 4.79 Å². The molecule has 1 fully saturated rings. The molecule has 7 nitrogen and oxygen atoms in total. The first-order valence-corrected chi connectivity index (χ1v) is 7.27. The van der Waals surface area contributed by atoms with Crippen LogP contribution in [0.3, 0.4) is 0 Å². The van der Waals surface area contributed by atoms with Crippen molar-refractivity contribution in [2.45, 2.75) is 25.4 Å². The first kappa shape index (κ1) is 12.9. The molecule has 3 rings (SSSR count). The van der Waals surface area contributed by atoms with Crippen LogP contribution >= 0.6 is 11.5 Å². The number of nitrogens with one attached hydrogen (secondary N) is 2. The maximum Gasteiger partial charge on any atom is 0.258 e. The van der Waals surface area contributed by atoms with Crippen LogP contribution in [0.15, 0.2) is 18.7 Å².